The molecule has 170 valence electrons. The van der Waals surface area contributed by atoms with E-state index in [1.165, 1.54) is 10.9 Å². The average molecular weight is 447 g/mol. The number of hydrogen-bond acceptors (Lipinski definition) is 6. The van der Waals surface area contributed by atoms with E-state index >= 15 is 0 Å². The number of anilines is 1. The van der Waals surface area contributed by atoms with Crippen molar-refractivity contribution < 1.29 is 14.0 Å². The highest BCUT2D eigenvalue weighted by atomic mass is 16.3. The van der Waals surface area contributed by atoms with E-state index in [4.69, 9.17) is 4.42 Å². The van der Waals surface area contributed by atoms with Crippen LogP contribution in [-0.4, -0.2) is 42.4 Å². The summed E-state index contributed by atoms with van der Waals surface area (Å²) in [6, 6.07) is 5.52. The van der Waals surface area contributed by atoms with Crippen LogP contribution >= 0.6 is 0 Å². The Morgan fingerprint density at radius 1 is 1.27 bits per heavy atom. The summed E-state index contributed by atoms with van der Waals surface area (Å²) in [6.45, 7) is 1.95. The topological polar surface area (TPSA) is 120 Å². The smallest absolute Gasteiger partial charge is 0.256 e. The van der Waals surface area contributed by atoms with Crippen molar-refractivity contribution in [3.63, 3.8) is 0 Å². The third kappa shape index (κ3) is 4.23. The van der Waals surface area contributed by atoms with E-state index in [2.05, 4.69) is 25.8 Å². The van der Waals surface area contributed by atoms with Gasteiger partial charge in [-0.3, -0.25) is 19.0 Å². The minimum absolute atomic E-state index is 0.0761. The number of aryl methyl sites for hydroxylation is 2. The molecule has 1 saturated carbocycles. The van der Waals surface area contributed by atoms with Crippen LogP contribution in [0.15, 0.2) is 41.3 Å². The molecular formula is C23H25N7O3. The van der Waals surface area contributed by atoms with Gasteiger partial charge >= 0.3 is 0 Å². The van der Waals surface area contributed by atoms with Gasteiger partial charge in [0.05, 0.1) is 34.8 Å². The molecule has 33 heavy (non-hydrogen) atoms. The maximum absolute atomic E-state index is 13.3. The fourth-order valence-corrected chi connectivity index (χ4v) is 4.38. The number of carbonyl (C=O) groups excluding carboxylic acids is 2. The standard InChI is InChI=1S/C23H25N7O3/c1-14-21-17(10-18(19-8-5-9-33-19)27-22(21)29(2)28-14)23(32)26-16-11-24-30(12-16)13-20(31)25-15-6-3-4-7-15/h5,8-12,15H,3-4,6-7,13H2,1-2H3,(H,25,31)(H,26,32). The summed E-state index contributed by atoms with van der Waals surface area (Å²) in [6.07, 6.45) is 9.11. The molecule has 1 aliphatic rings. The molecule has 0 radical (unpaired) electrons. The lowest BCUT2D eigenvalue weighted by Crippen LogP contribution is -2.35. The quantitative estimate of drug-likeness (QED) is 0.469. The average Bonchev–Trinajstić information content (AvgIpc) is 3.58. The number of furan rings is 1. The molecule has 4 heterocycles. The molecule has 10 nitrogen and oxygen atoms in total. The van der Waals surface area contributed by atoms with Crippen LogP contribution in [0.1, 0.15) is 41.7 Å². The van der Waals surface area contributed by atoms with E-state index in [1.807, 2.05) is 6.92 Å². The molecule has 4 aromatic rings. The van der Waals surface area contributed by atoms with Gasteiger partial charge in [0, 0.05) is 19.3 Å². The van der Waals surface area contributed by atoms with Crippen LogP contribution in [0, 0.1) is 6.92 Å². The highest BCUT2D eigenvalue weighted by Crippen LogP contribution is 2.27. The number of pyridine rings is 1. The van der Waals surface area contributed by atoms with Crippen molar-refractivity contribution in [2.75, 3.05) is 5.32 Å². The third-order valence-corrected chi connectivity index (χ3v) is 5.90. The summed E-state index contributed by atoms with van der Waals surface area (Å²) in [7, 11) is 1.79. The zero-order valence-corrected chi connectivity index (χ0v) is 18.5. The highest BCUT2D eigenvalue weighted by Gasteiger charge is 2.21. The maximum Gasteiger partial charge on any atom is 0.256 e. The molecule has 0 saturated heterocycles. The molecule has 0 atom stereocenters. The summed E-state index contributed by atoms with van der Waals surface area (Å²) in [5.74, 6) is 0.167. The van der Waals surface area contributed by atoms with Crippen molar-refractivity contribution >= 4 is 28.5 Å². The van der Waals surface area contributed by atoms with Crippen LogP contribution in [0.2, 0.25) is 0 Å². The van der Waals surface area contributed by atoms with Gasteiger partial charge in [-0.05, 0) is 38.0 Å². The summed E-state index contributed by atoms with van der Waals surface area (Å²) < 4.78 is 8.65. The number of rotatable bonds is 6. The third-order valence-electron chi connectivity index (χ3n) is 5.90. The van der Waals surface area contributed by atoms with Crippen LogP contribution in [0.25, 0.3) is 22.5 Å². The lowest BCUT2D eigenvalue weighted by molar-refractivity contribution is -0.122. The molecule has 1 aliphatic carbocycles. The van der Waals surface area contributed by atoms with Crippen molar-refractivity contribution in [2.45, 2.75) is 45.2 Å². The fraction of sp³-hybridized carbons (Fsp3) is 0.348. The number of amides is 2. The Morgan fingerprint density at radius 2 is 2.09 bits per heavy atom. The van der Waals surface area contributed by atoms with Gasteiger partial charge in [-0.15, -0.1) is 0 Å². The van der Waals surface area contributed by atoms with Gasteiger partial charge in [-0.1, -0.05) is 12.8 Å². The number of hydrogen-bond donors (Lipinski definition) is 2. The Balaban J connectivity index is 1.37. The second-order valence-corrected chi connectivity index (χ2v) is 8.37. The predicted octanol–water partition coefficient (Wildman–Crippen LogP) is 3.04. The first-order valence-electron chi connectivity index (χ1n) is 11.0. The van der Waals surface area contributed by atoms with Gasteiger partial charge in [0.1, 0.15) is 12.2 Å². The number of nitrogens with one attached hydrogen (secondary N) is 2. The van der Waals surface area contributed by atoms with E-state index in [-0.39, 0.29) is 24.4 Å². The number of carbonyl (C=O) groups is 2. The summed E-state index contributed by atoms with van der Waals surface area (Å²) in [5.41, 5.74) is 2.77. The molecule has 10 heteroatoms. The first-order chi connectivity index (χ1) is 16.0. The van der Waals surface area contributed by atoms with Crippen molar-refractivity contribution in [3.8, 4) is 11.5 Å². The molecular weight excluding hydrogens is 422 g/mol. The molecule has 0 unspecified atom stereocenters. The molecule has 2 N–H and O–H groups in total. The van der Waals surface area contributed by atoms with Gasteiger partial charge < -0.3 is 15.1 Å². The summed E-state index contributed by atoms with van der Waals surface area (Å²) in [5, 5.41) is 15.2. The van der Waals surface area contributed by atoms with Crippen molar-refractivity contribution in [2.24, 2.45) is 7.05 Å². The molecule has 5 rings (SSSR count). The summed E-state index contributed by atoms with van der Waals surface area (Å²) >= 11 is 0. The molecule has 4 aromatic heterocycles. The number of nitrogens with zero attached hydrogens (tertiary/aromatic N) is 5. The van der Waals surface area contributed by atoms with Crippen LogP contribution in [0.4, 0.5) is 5.69 Å². The predicted molar refractivity (Wildman–Crippen MR) is 122 cm³/mol. The molecule has 0 aliphatic heterocycles. The van der Waals surface area contributed by atoms with E-state index in [0.717, 1.165) is 25.7 Å². The van der Waals surface area contributed by atoms with Crippen LogP contribution in [0.3, 0.4) is 0 Å². The number of aromatic nitrogens is 5. The Hall–Kier alpha value is -3.95. The monoisotopic (exact) mass is 447 g/mol. The first-order valence-corrected chi connectivity index (χ1v) is 11.0. The minimum Gasteiger partial charge on any atom is -0.463 e. The Labute approximate surface area is 190 Å². The zero-order chi connectivity index (χ0) is 22.9. The lowest BCUT2D eigenvalue weighted by atomic mass is 10.1. The van der Waals surface area contributed by atoms with Gasteiger partial charge in [0.25, 0.3) is 5.91 Å². The van der Waals surface area contributed by atoms with Crippen LogP contribution < -0.4 is 10.6 Å². The lowest BCUT2D eigenvalue weighted by Gasteiger charge is -2.11. The molecule has 0 bridgehead atoms. The van der Waals surface area contributed by atoms with Gasteiger partial charge in [-0.2, -0.15) is 10.2 Å². The normalized spacial score (nSPS) is 14.1. The number of fused-ring (bicyclic) bond motifs is 1. The van der Waals surface area contributed by atoms with Crippen LogP contribution in [0.5, 0.6) is 0 Å². The van der Waals surface area contributed by atoms with E-state index in [0.29, 0.717) is 39.4 Å². The second-order valence-electron chi connectivity index (χ2n) is 8.37. The van der Waals surface area contributed by atoms with Gasteiger partial charge in [0.15, 0.2) is 11.4 Å². The fourth-order valence-electron chi connectivity index (χ4n) is 4.38. The van der Waals surface area contributed by atoms with Crippen molar-refractivity contribution in [1.82, 2.24) is 29.9 Å². The van der Waals surface area contributed by atoms with E-state index < -0.39 is 0 Å². The van der Waals surface area contributed by atoms with Crippen molar-refractivity contribution in [1.29, 1.82) is 0 Å². The van der Waals surface area contributed by atoms with Gasteiger partial charge in [-0.25, -0.2) is 4.98 Å². The van der Waals surface area contributed by atoms with Crippen LogP contribution in [-0.2, 0) is 18.4 Å². The summed E-state index contributed by atoms with van der Waals surface area (Å²) in [4.78, 5) is 30.2. The van der Waals surface area contributed by atoms with Crippen molar-refractivity contribution in [3.05, 3.63) is 48.1 Å². The molecule has 0 aromatic carbocycles. The van der Waals surface area contributed by atoms with E-state index in [9.17, 15) is 9.59 Å². The largest absolute Gasteiger partial charge is 0.463 e. The Bertz CT molecular complexity index is 1310. The molecule has 0 spiro atoms. The minimum atomic E-state index is -0.318. The Morgan fingerprint density at radius 3 is 2.85 bits per heavy atom. The first kappa shape index (κ1) is 20.9. The van der Waals surface area contributed by atoms with Gasteiger partial charge in [0.2, 0.25) is 5.91 Å². The molecule has 2 amide bonds. The van der Waals surface area contributed by atoms with E-state index in [1.54, 1.807) is 42.4 Å². The maximum atomic E-state index is 13.3. The Kier molecular flexibility index (Phi) is 5.41. The zero-order valence-electron chi connectivity index (χ0n) is 18.5. The second kappa shape index (κ2) is 8.53. The SMILES string of the molecule is Cc1nn(C)c2nc(-c3ccco3)cc(C(=O)Nc3cnn(CC(=O)NC4CCCC4)c3)c12. The molecule has 1 fully saturated rings. The highest BCUT2D eigenvalue weighted by molar-refractivity contribution is 6.13.